The van der Waals surface area contributed by atoms with Crippen LogP contribution in [0.5, 0.6) is 0 Å². The van der Waals surface area contributed by atoms with Gasteiger partial charge in [0.05, 0.1) is 19.8 Å². The van der Waals surface area contributed by atoms with Crippen LogP contribution in [-0.2, 0) is 11.2 Å². The molecular weight excluding hydrogens is 268 g/mol. The Morgan fingerprint density at radius 2 is 1.67 bits per heavy atom. The van der Waals surface area contributed by atoms with Crippen LogP contribution in [0.2, 0.25) is 0 Å². The van der Waals surface area contributed by atoms with Gasteiger partial charge in [-0.2, -0.15) is 0 Å². The molecule has 1 heterocycles. The second-order valence-corrected chi connectivity index (χ2v) is 4.90. The van der Waals surface area contributed by atoms with Crippen molar-refractivity contribution in [3.05, 3.63) is 11.4 Å². The molecule has 0 aromatic carbocycles. The number of aryl methyl sites for hydroxylation is 1. The minimum Gasteiger partial charge on any atom is -0.394 e. The smallest absolute Gasteiger partial charge is 0.134 e. The lowest BCUT2D eigenvalue weighted by Crippen LogP contribution is -2.15. The van der Waals surface area contributed by atoms with E-state index < -0.39 is 0 Å². The lowest BCUT2D eigenvalue weighted by atomic mass is 10.2. The third-order valence-electron chi connectivity index (χ3n) is 2.98. The van der Waals surface area contributed by atoms with Crippen molar-refractivity contribution >= 4 is 11.6 Å². The normalized spacial score (nSPS) is 10.7. The Hall–Kier alpha value is -1.40. The van der Waals surface area contributed by atoms with E-state index in [1.807, 2.05) is 6.92 Å². The Balaban J connectivity index is 2.72. The standard InChI is InChI=1S/C15H28N4O2/c1-4-6-13-18-14(16-7-5-2)12(3)15(19-13)17-8-10-21-11-9-20/h20H,4-11H2,1-3H3,(H2,16,17,18,19). The topological polar surface area (TPSA) is 79.3 Å². The van der Waals surface area contributed by atoms with Gasteiger partial charge in [0.1, 0.15) is 17.5 Å². The maximum absolute atomic E-state index is 8.67. The molecule has 21 heavy (non-hydrogen) atoms. The van der Waals surface area contributed by atoms with Gasteiger partial charge in [0.25, 0.3) is 0 Å². The first-order valence-corrected chi connectivity index (χ1v) is 7.76. The van der Waals surface area contributed by atoms with Crippen LogP contribution in [0.25, 0.3) is 0 Å². The van der Waals surface area contributed by atoms with Crippen molar-refractivity contribution in [1.82, 2.24) is 9.97 Å². The fraction of sp³-hybridized carbons (Fsp3) is 0.733. The first-order chi connectivity index (χ1) is 10.2. The van der Waals surface area contributed by atoms with Crippen molar-refractivity contribution in [2.45, 2.75) is 40.0 Å². The third kappa shape index (κ3) is 6.27. The summed E-state index contributed by atoms with van der Waals surface area (Å²) in [6.45, 7) is 8.81. The minimum atomic E-state index is 0.0538. The summed E-state index contributed by atoms with van der Waals surface area (Å²) < 4.78 is 5.25. The van der Waals surface area contributed by atoms with Crippen molar-refractivity contribution in [2.75, 3.05) is 43.5 Å². The molecule has 1 aromatic rings. The van der Waals surface area contributed by atoms with E-state index in [9.17, 15) is 0 Å². The van der Waals surface area contributed by atoms with Crippen molar-refractivity contribution in [2.24, 2.45) is 0 Å². The summed E-state index contributed by atoms with van der Waals surface area (Å²) in [4.78, 5) is 9.17. The average molecular weight is 296 g/mol. The number of aliphatic hydroxyl groups is 1. The van der Waals surface area contributed by atoms with E-state index in [0.717, 1.165) is 48.8 Å². The highest BCUT2D eigenvalue weighted by molar-refractivity contribution is 5.57. The molecule has 6 nitrogen and oxygen atoms in total. The predicted molar refractivity (Wildman–Crippen MR) is 85.9 cm³/mol. The molecule has 0 aliphatic carbocycles. The zero-order valence-corrected chi connectivity index (χ0v) is 13.4. The second-order valence-electron chi connectivity index (χ2n) is 4.90. The van der Waals surface area contributed by atoms with E-state index in [-0.39, 0.29) is 6.61 Å². The molecule has 0 saturated heterocycles. The summed E-state index contributed by atoms with van der Waals surface area (Å²) in [6, 6.07) is 0. The van der Waals surface area contributed by atoms with Gasteiger partial charge in [0.15, 0.2) is 0 Å². The maximum Gasteiger partial charge on any atom is 0.134 e. The highest BCUT2D eigenvalue weighted by Crippen LogP contribution is 2.20. The first-order valence-electron chi connectivity index (χ1n) is 7.76. The summed E-state index contributed by atoms with van der Waals surface area (Å²) >= 11 is 0. The quantitative estimate of drug-likeness (QED) is 0.542. The largest absolute Gasteiger partial charge is 0.394 e. The predicted octanol–water partition coefficient (Wildman–Crippen LogP) is 1.98. The van der Waals surface area contributed by atoms with Crippen LogP contribution in [0.1, 0.15) is 38.1 Å². The maximum atomic E-state index is 8.67. The summed E-state index contributed by atoms with van der Waals surface area (Å²) in [5.74, 6) is 2.63. The van der Waals surface area contributed by atoms with Crippen LogP contribution in [0, 0.1) is 6.92 Å². The molecule has 0 saturated carbocycles. The number of hydrogen-bond acceptors (Lipinski definition) is 6. The zero-order valence-electron chi connectivity index (χ0n) is 13.4. The van der Waals surface area contributed by atoms with Gasteiger partial charge in [-0.25, -0.2) is 9.97 Å². The van der Waals surface area contributed by atoms with Crippen molar-refractivity contribution in [3.63, 3.8) is 0 Å². The molecule has 1 aromatic heterocycles. The van der Waals surface area contributed by atoms with Crippen LogP contribution in [0.15, 0.2) is 0 Å². The number of hydrogen-bond donors (Lipinski definition) is 3. The van der Waals surface area contributed by atoms with E-state index in [1.54, 1.807) is 0 Å². The lowest BCUT2D eigenvalue weighted by Gasteiger charge is -2.15. The summed E-state index contributed by atoms with van der Waals surface area (Å²) in [5.41, 5.74) is 1.03. The molecule has 0 radical (unpaired) electrons. The highest BCUT2D eigenvalue weighted by Gasteiger charge is 2.10. The SMILES string of the molecule is CCCNc1nc(CCC)nc(NCCOCCO)c1C. The van der Waals surface area contributed by atoms with Gasteiger partial charge in [-0.1, -0.05) is 13.8 Å². The van der Waals surface area contributed by atoms with Gasteiger partial charge in [-0.3, -0.25) is 0 Å². The molecule has 0 aliphatic rings. The summed E-state index contributed by atoms with van der Waals surface area (Å²) in [7, 11) is 0. The molecule has 0 spiro atoms. The number of ether oxygens (including phenoxy) is 1. The van der Waals surface area contributed by atoms with E-state index in [1.165, 1.54) is 0 Å². The van der Waals surface area contributed by atoms with Crippen LogP contribution in [0.3, 0.4) is 0 Å². The van der Waals surface area contributed by atoms with Crippen molar-refractivity contribution < 1.29 is 9.84 Å². The number of aromatic nitrogens is 2. The molecule has 120 valence electrons. The number of nitrogens with zero attached hydrogens (tertiary/aromatic N) is 2. The molecule has 6 heteroatoms. The fourth-order valence-corrected chi connectivity index (χ4v) is 1.89. The van der Waals surface area contributed by atoms with E-state index in [2.05, 4.69) is 34.4 Å². The molecule has 0 unspecified atom stereocenters. The monoisotopic (exact) mass is 296 g/mol. The Bertz CT molecular complexity index is 413. The van der Waals surface area contributed by atoms with Crippen LogP contribution in [0.4, 0.5) is 11.6 Å². The van der Waals surface area contributed by atoms with Crippen molar-refractivity contribution in [1.29, 1.82) is 0 Å². The molecule has 0 aliphatic heterocycles. The Labute approximate surface area is 127 Å². The number of rotatable bonds is 11. The summed E-state index contributed by atoms with van der Waals surface area (Å²) in [5, 5.41) is 15.3. The molecule has 3 N–H and O–H groups in total. The molecule has 0 amide bonds. The van der Waals surface area contributed by atoms with Gasteiger partial charge < -0.3 is 20.5 Å². The Morgan fingerprint density at radius 3 is 2.24 bits per heavy atom. The van der Waals surface area contributed by atoms with E-state index in [0.29, 0.717) is 19.8 Å². The van der Waals surface area contributed by atoms with Gasteiger partial charge in [0, 0.05) is 25.1 Å². The Morgan fingerprint density at radius 1 is 1.00 bits per heavy atom. The van der Waals surface area contributed by atoms with Crippen LogP contribution < -0.4 is 10.6 Å². The lowest BCUT2D eigenvalue weighted by molar-refractivity contribution is 0.0992. The van der Waals surface area contributed by atoms with Crippen LogP contribution in [-0.4, -0.2) is 48.0 Å². The van der Waals surface area contributed by atoms with Gasteiger partial charge in [-0.15, -0.1) is 0 Å². The van der Waals surface area contributed by atoms with E-state index >= 15 is 0 Å². The molecule has 0 bridgehead atoms. The number of nitrogens with one attached hydrogen (secondary N) is 2. The van der Waals surface area contributed by atoms with Gasteiger partial charge in [0.2, 0.25) is 0 Å². The minimum absolute atomic E-state index is 0.0538. The van der Waals surface area contributed by atoms with Crippen molar-refractivity contribution in [3.8, 4) is 0 Å². The van der Waals surface area contributed by atoms with Gasteiger partial charge >= 0.3 is 0 Å². The van der Waals surface area contributed by atoms with Crippen LogP contribution >= 0.6 is 0 Å². The number of anilines is 2. The average Bonchev–Trinajstić information content (AvgIpc) is 2.48. The molecule has 0 fully saturated rings. The molecular formula is C15H28N4O2. The first kappa shape index (κ1) is 17.7. The summed E-state index contributed by atoms with van der Waals surface area (Å²) in [6.07, 6.45) is 2.95. The Kier molecular flexibility index (Phi) is 8.69. The highest BCUT2D eigenvalue weighted by atomic mass is 16.5. The number of aliphatic hydroxyl groups excluding tert-OH is 1. The van der Waals surface area contributed by atoms with Gasteiger partial charge in [-0.05, 0) is 19.8 Å². The fourth-order valence-electron chi connectivity index (χ4n) is 1.89. The third-order valence-corrected chi connectivity index (χ3v) is 2.98. The molecule has 1 rings (SSSR count). The second kappa shape index (κ2) is 10.3. The molecule has 0 atom stereocenters. The van der Waals surface area contributed by atoms with E-state index in [4.69, 9.17) is 9.84 Å². The zero-order chi connectivity index (χ0) is 15.5.